The summed E-state index contributed by atoms with van der Waals surface area (Å²) < 4.78 is 32.7. The first kappa shape index (κ1) is 24.8. The molecule has 1 aromatic heterocycles. The Labute approximate surface area is 204 Å². The van der Waals surface area contributed by atoms with Crippen LogP contribution < -0.4 is 10.2 Å². The van der Waals surface area contributed by atoms with Crippen molar-refractivity contribution in [3.05, 3.63) is 45.8 Å². The van der Waals surface area contributed by atoms with Gasteiger partial charge in [-0.3, -0.25) is 4.79 Å². The fraction of sp³-hybridized carbons (Fsp3) is 0.500. The highest BCUT2D eigenvalue weighted by molar-refractivity contribution is 7.89. The second kappa shape index (κ2) is 10.2. The number of sulfonamides is 1. The molecule has 0 spiro atoms. The van der Waals surface area contributed by atoms with Gasteiger partial charge in [-0.25, -0.2) is 13.2 Å². The zero-order chi connectivity index (χ0) is 24.5. The van der Waals surface area contributed by atoms with Crippen LogP contribution in [-0.4, -0.2) is 57.9 Å². The lowest BCUT2D eigenvalue weighted by molar-refractivity contribution is -0.895. The number of anilines is 1. The zero-order valence-corrected chi connectivity index (χ0v) is 21.5. The van der Waals surface area contributed by atoms with Gasteiger partial charge >= 0.3 is 5.97 Å². The van der Waals surface area contributed by atoms with Crippen LogP contribution in [0.4, 0.5) is 5.00 Å². The lowest BCUT2D eigenvalue weighted by Crippen LogP contribution is -3.08. The topological polar surface area (TPSA) is 97.2 Å². The van der Waals surface area contributed by atoms with Crippen molar-refractivity contribution in [2.45, 2.75) is 44.6 Å². The van der Waals surface area contributed by atoms with Crippen LogP contribution >= 0.6 is 11.3 Å². The van der Waals surface area contributed by atoms with Crippen LogP contribution in [0.2, 0.25) is 0 Å². The summed E-state index contributed by atoms with van der Waals surface area (Å²) in [7, 11) is -1.48. The van der Waals surface area contributed by atoms with Gasteiger partial charge in [0.2, 0.25) is 10.0 Å². The van der Waals surface area contributed by atoms with Crippen LogP contribution in [0.15, 0.2) is 29.2 Å². The van der Waals surface area contributed by atoms with Gasteiger partial charge in [0.15, 0.2) is 0 Å². The maximum absolute atomic E-state index is 13.0. The quantitative estimate of drug-likeness (QED) is 0.586. The molecule has 0 aliphatic carbocycles. The van der Waals surface area contributed by atoms with Crippen LogP contribution in [0, 0.1) is 5.92 Å². The number of hydrogen-bond donors (Lipinski definition) is 2. The Morgan fingerprint density at radius 2 is 1.88 bits per heavy atom. The molecule has 10 heteroatoms. The van der Waals surface area contributed by atoms with E-state index >= 15 is 0 Å². The number of likely N-dealkylation sites (N-methyl/N-ethyl adjacent to an activating group) is 1. The maximum Gasteiger partial charge on any atom is 0.341 e. The first-order valence-corrected chi connectivity index (χ1v) is 14.0. The van der Waals surface area contributed by atoms with E-state index in [2.05, 4.69) is 19.3 Å². The van der Waals surface area contributed by atoms with Crippen molar-refractivity contribution < 1.29 is 27.6 Å². The van der Waals surface area contributed by atoms with Gasteiger partial charge in [0.1, 0.15) is 11.5 Å². The lowest BCUT2D eigenvalue weighted by Gasteiger charge is -2.29. The highest BCUT2D eigenvalue weighted by Gasteiger charge is 2.31. The first-order chi connectivity index (χ1) is 16.2. The van der Waals surface area contributed by atoms with E-state index in [-0.39, 0.29) is 17.4 Å². The number of ether oxygens (including phenoxy) is 1. The summed E-state index contributed by atoms with van der Waals surface area (Å²) in [6.45, 7) is 6.89. The summed E-state index contributed by atoms with van der Waals surface area (Å²) in [5.74, 6) is -0.283. The molecule has 8 nitrogen and oxygen atoms in total. The molecule has 184 valence electrons. The van der Waals surface area contributed by atoms with Gasteiger partial charge in [0.25, 0.3) is 5.91 Å². The minimum absolute atomic E-state index is 0.184. The SMILES string of the molecule is CCOC(=O)c1c(NC(=O)c2ccc(S(=O)(=O)N3CCC(C)CC3)cc2)sc2c1CC[NH+](C)C2. The van der Waals surface area contributed by atoms with Crippen molar-refractivity contribution >= 4 is 38.2 Å². The molecule has 1 fully saturated rings. The van der Waals surface area contributed by atoms with Gasteiger partial charge in [0, 0.05) is 25.1 Å². The van der Waals surface area contributed by atoms with E-state index in [1.54, 1.807) is 6.92 Å². The summed E-state index contributed by atoms with van der Waals surface area (Å²) in [4.78, 5) is 28.3. The fourth-order valence-corrected chi connectivity index (χ4v) is 7.27. The Morgan fingerprint density at radius 3 is 2.53 bits per heavy atom. The molecule has 1 unspecified atom stereocenters. The van der Waals surface area contributed by atoms with E-state index in [0.29, 0.717) is 35.1 Å². The summed E-state index contributed by atoms with van der Waals surface area (Å²) in [5, 5.41) is 3.36. The third kappa shape index (κ3) is 5.05. The van der Waals surface area contributed by atoms with Crippen molar-refractivity contribution in [1.29, 1.82) is 0 Å². The largest absolute Gasteiger partial charge is 0.462 e. The molecule has 0 radical (unpaired) electrons. The molecule has 1 aromatic carbocycles. The van der Waals surface area contributed by atoms with E-state index in [0.717, 1.165) is 42.8 Å². The summed E-state index contributed by atoms with van der Waals surface area (Å²) in [6, 6.07) is 5.99. The Hall–Kier alpha value is -2.27. The molecular formula is C24H32N3O5S2+. The standard InChI is InChI=1S/C24H31N3O5S2/c1-4-32-24(29)21-19-11-12-26(3)15-20(19)33-23(21)25-22(28)17-5-7-18(8-6-17)34(30,31)27-13-9-16(2)10-14-27/h5-8,16H,4,9-15H2,1-3H3,(H,25,28)/p+1. The smallest absolute Gasteiger partial charge is 0.341 e. The number of carbonyl (C=O) groups is 2. The number of benzene rings is 1. The number of amides is 1. The number of carbonyl (C=O) groups excluding carboxylic acids is 2. The highest BCUT2D eigenvalue weighted by Crippen LogP contribution is 2.35. The third-order valence-corrected chi connectivity index (χ3v) is 9.62. The zero-order valence-electron chi connectivity index (χ0n) is 19.8. The van der Waals surface area contributed by atoms with E-state index in [1.807, 2.05) is 0 Å². The molecule has 0 saturated carbocycles. The Balaban J connectivity index is 1.54. The first-order valence-electron chi connectivity index (χ1n) is 11.7. The van der Waals surface area contributed by atoms with Gasteiger partial charge in [-0.1, -0.05) is 6.92 Å². The molecule has 2 aliphatic heterocycles. The Kier molecular flexibility index (Phi) is 7.42. The van der Waals surface area contributed by atoms with Gasteiger partial charge in [-0.15, -0.1) is 11.3 Å². The average molecular weight is 507 g/mol. The number of nitrogens with one attached hydrogen (secondary N) is 2. The van der Waals surface area contributed by atoms with Crippen LogP contribution in [0.1, 0.15) is 57.8 Å². The monoisotopic (exact) mass is 506 g/mol. The number of thiophene rings is 1. The summed E-state index contributed by atoms with van der Waals surface area (Å²) in [6.07, 6.45) is 2.46. The molecule has 1 saturated heterocycles. The van der Waals surface area contributed by atoms with Crippen molar-refractivity contribution in [3.8, 4) is 0 Å². The summed E-state index contributed by atoms with van der Waals surface area (Å²) in [5.41, 5.74) is 1.73. The van der Waals surface area contributed by atoms with Crippen molar-refractivity contribution in [2.75, 3.05) is 38.6 Å². The minimum Gasteiger partial charge on any atom is -0.462 e. The number of fused-ring (bicyclic) bond motifs is 1. The van der Waals surface area contributed by atoms with Gasteiger partial charge < -0.3 is 15.0 Å². The molecule has 2 aromatic rings. The second-order valence-corrected chi connectivity index (χ2v) is 12.2. The molecular weight excluding hydrogens is 474 g/mol. The molecule has 2 N–H and O–H groups in total. The number of hydrogen-bond acceptors (Lipinski definition) is 6. The van der Waals surface area contributed by atoms with Crippen LogP contribution in [0.5, 0.6) is 0 Å². The predicted molar refractivity (Wildman–Crippen MR) is 131 cm³/mol. The van der Waals surface area contributed by atoms with Crippen molar-refractivity contribution in [2.24, 2.45) is 5.92 Å². The van der Waals surface area contributed by atoms with Gasteiger partial charge in [0.05, 0.1) is 35.5 Å². The van der Waals surface area contributed by atoms with E-state index in [4.69, 9.17) is 4.74 Å². The molecule has 0 bridgehead atoms. The van der Waals surface area contributed by atoms with Crippen LogP contribution in [-0.2, 0) is 27.7 Å². The van der Waals surface area contributed by atoms with E-state index in [9.17, 15) is 18.0 Å². The highest BCUT2D eigenvalue weighted by atomic mass is 32.2. The average Bonchev–Trinajstić information content (AvgIpc) is 3.16. The number of piperidine rings is 1. The fourth-order valence-electron chi connectivity index (χ4n) is 4.46. The number of nitrogens with zero attached hydrogens (tertiary/aromatic N) is 1. The molecule has 4 rings (SSSR count). The van der Waals surface area contributed by atoms with Crippen molar-refractivity contribution in [1.82, 2.24) is 4.31 Å². The third-order valence-electron chi connectivity index (χ3n) is 6.56. The Morgan fingerprint density at radius 1 is 1.21 bits per heavy atom. The number of quaternary nitrogens is 1. The molecule has 2 aliphatic rings. The minimum atomic E-state index is -3.58. The molecule has 34 heavy (non-hydrogen) atoms. The van der Waals surface area contributed by atoms with Crippen LogP contribution in [0.25, 0.3) is 0 Å². The number of rotatable bonds is 6. The molecule has 3 heterocycles. The van der Waals surface area contributed by atoms with E-state index < -0.39 is 16.0 Å². The normalized spacial score (nSPS) is 19.4. The predicted octanol–water partition coefficient (Wildman–Crippen LogP) is 2.17. The summed E-state index contributed by atoms with van der Waals surface area (Å²) >= 11 is 1.41. The second-order valence-electron chi connectivity index (χ2n) is 9.13. The maximum atomic E-state index is 13.0. The van der Waals surface area contributed by atoms with Gasteiger partial charge in [-0.2, -0.15) is 4.31 Å². The van der Waals surface area contributed by atoms with Crippen molar-refractivity contribution in [3.63, 3.8) is 0 Å². The lowest BCUT2D eigenvalue weighted by atomic mass is 10.0. The number of esters is 1. The van der Waals surface area contributed by atoms with Gasteiger partial charge in [-0.05, 0) is 55.5 Å². The molecule has 1 atom stereocenters. The van der Waals surface area contributed by atoms with Crippen LogP contribution in [0.3, 0.4) is 0 Å². The van der Waals surface area contributed by atoms with E-state index in [1.165, 1.54) is 44.8 Å². The Bertz CT molecular complexity index is 1170. The molecule has 1 amide bonds.